The fourth-order valence-electron chi connectivity index (χ4n) is 2.48. The monoisotopic (exact) mass is 368 g/mol. The van der Waals surface area contributed by atoms with E-state index < -0.39 is 0 Å². The number of benzene rings is 2. The van der Waals surface area contributed by atoms with E-state index in [1.807, 2.05) is 42.5 Å². The van der Waals surface area contributed by atoms with Gasteiger partial charge in [-0.2, -0.15) is 4.98 Å². The fourth-order valence-corrected chi connectivity index (χ4v) is 3.21. The molecule has 0 saturated carbocycles. The quantitative estimate of drug-likeness (QED) is 0.516. The number of fused-ring (bicyclic) bond motifs is 1. The van der Waals surface area contributed by atoms with Crippen LogP contribution in [0.2, 0.25) is 0 Å². The number of thioether (sulfide) groups is 1. The smallest absolute Gasteiger partial charge is 0.237 e. The number of nitrogens with zero attached hydrogens (tertiary/aromatic N) is 3. The van der Waals surface area contributed by atoms with E-state index in [9.17, 15) is 0 Å². The number of ether oxygens (including phenoxy) is 2. The SMILES string of the molecule is COc1cccc(-c2noc(CSc3nc4ccc(OC)cc4[nH]3)n2)c1. The molecular formula is C18H16N4O3S. The Morgan fingerprint density at radius 1 is 1.04 bits per heavy atom. The lowest BCUT2D eigenvalue weighted by molar-refractivity contribution is 0.391. The Hall–Kier alpha value is -3.00. The van der Waals surface area contributed by atoms with Gasteiger partial charge in [0.05, 0.1) is 31.0 Å². The Labute approximate surface area is 153 Å². The Kier molecular flexibility index (Phi) is 4.49. The summed E-state index contributed by atoms with van der Waals surface area (Å²) in [5.74, 6) is 3.13. The van der Waals surface area contributed by atoms with Gasteiger partial charge in [-0.05, 0) is 24.3 Å². The molecule has 1 N–H and O–H groups in total. The molecule has 0 aliphatic rings. The zero-order valence-electron chi connectivity index (χ0n) is 14.2. The molecule has 0 aliphatic carbocycles. The Balaban J connectivity index is 1.47. The first-order chi connectivity index (χ1) is 12.7. The molecule has 8 heteroatoms. The third-order valence-electron chi connectivity index (χ3n) is 3.80. The average Bonchev–Trinajstić information content (AvgIpc) is 3.32. The minimum absolute atomic E-state index is 0.522. The summed E-state index contributed by atoms with van der Waals surface area (Å²) in [5, 5.41) is 4.82. The summed E-state index contributed by atoms with van der Waals surface area (Å²) < 4.78 is 15.8. The topological polar surface area (TPSA) is 86.1 Å². The van der Waals surface area contributed by atoms with E-state index in [4.69, 9.17) is 14.0 Å². The van der Waals surface area contributed by atoms with Crippen molar-refractivity contribution in [2.75, 3.05) is 14.2 Å². The van der Waals surface area contributed by atoms with E-state index in [2.05, 4.69) is 20.1 Å². The maximum Gasteiger partial charge on any atom is 0.237 e. The van der Waals surface area contributed by atoms with Crippen molar-refractivity contribution in [2.45, 2.75) is 10.9 Å². The van der Waals surface area contributed by atoms with Gasteiger partial charge in [0.25, 0.3) is 0 Å². The minimum atomic E-state index is 0.522. The first-order valence-electron chi connectivity index (χ1n) is 7.89. The summed E-state index contributed by atoms with van der Waals surface area (Å²) >= 11 is 1.50. The predicted molar refractivity (Wildman–Crippen MR) is 98.5 cm³/mol. The number of nitrogens with one attached hydrogen (secondary N) is 1. The van der Waals surface area contributed by atoms with Crippen molar-refractivity contribution < 1.29 is 14.0 Å². The van der Waals surface area contributed by atoms with Gasteiger partial charge in [0.1, 0.15) is 11.5 Å². The molecule has 7 nitrogen and oxygen atoms in total. The van der Waals surface area contributed by atoms with Crippen molar-refractivity contribution in [3.05, 3.63) is 48.4 Å². The van der Waals surface area contributed by atoms with Crippen molar-refractivity contribution in [3.63, 3.8) is 0 Å². The van der Waals surface area contributed by atoms with Crippen molar-refractivity contribution >= 4 is 22.8 Å². The lowest BCUT2D eigenvalue weighted by Crippen LogP contribution is -1.86. The molecule has 0 unspecified atom stereocenters. The van der Waals surface area contributed by atoms with E-state index in [-0.39, 0.29) is 0 Å². The maximum atomic E-state index is 5.34. The largest absolute Gasteiger partial charge is 0.497 e. The summed E-state index contributed by atoms with van der Waals surface area (Å²) in [5.41, 5.74) is 2.66. The maximum absolute atomic E-state index is 5.34. The van der Waals surface area contributed by atoms with E-state index in [0.29, 0.717) is 17.5 Å². The van der Waals surface area contributed by atoms with Crippen LogP contribution in [0, 0.1) is 0 Å². The van der Waals surface area contributed by atoms with Crippen LogP contribution in [0.25, 0.3) is 22.4 Å². The molecule has 132 valence electrons. The lowest BCUT2D eigenvalue weighted by Gasteiger charge is -1.99. The second kappa shape index (κ2) is 7.09. The number of H-pyrrole nitrogens is 1. The van der Waals surface area contributed by atoms with Gasteiger partial charge in [0.2, 0.25) is 11.7 Å². The molecule has 2 aromatic heterocycles. The van der Waals surface area contributed by atoms with Crippen molar-refractivity contribution in [2.24, 2.45) is 0 Å². The second-order valence-electron chi connectivity index (χ2n) is 5.46. The van der Waals surface area contributed by atoms with Crippen LogP contribution in [0.3, 0.4) is 0 Å². The van der Waals surface area contributed by atoms with Crippen molar-refractivity contribution in [1.29, 1.82) is 0 Å². The number of hydrogen-bond acceptors (Lipinski definition) is 7. The van der Waals surface area contributed by atoms with Gasteiger partial charge in [-0.1, -0.05) is 29.1 Å². The van der Waals surface area contributed by atoms with Crippen LogP contribution in [0.5, 0.6) is 11.5 Å². The third-order valence-corrected chi connectivity index (χ3v) is 4.65. The molecule has 0 fully saturated rings. The molecule has 0 saturated heterocycles. The van der Waals surface area contributed by atoms with E-state index in [0.717, 1.165) is 33.3 Å². The van der Waals surface area contributed by atoms with Crippen LogP contribution >= 0.6 is 11.8 Å². The van der Waals surface area contributed by atoms with Gasteiger partial charge in [-0.3, -0.25) is 0 Å². The van der Waals surface area contributed by atoms with Gasteiger partial charge >= 0.3 is 0 Å². The molecule has 2 aromatic carbocycles. The van der Waals surface area contributed by atoms with Crippen LogP contribution in [0.1, 0.15) is 5.89 Å². The number of rotatable bonds is 6. The molecule has 0 atom stereocenters. The van der Waals surface area contributed by atoms with Gasteiger partial charge in [-0.15, -0.1) is 0 Å². The normalized spacial score (nSPS) is 11.0. The molecule has 0 radical (unpaired) electrons. The first kappa shape index (κ1) is 16.5. The Bertz CT molecular complexity index is 1040. The number of hydrogen-bond donors (Lipinski definition) is 1. The zero-order valence-corrected chi connectivity index (χ0v) is 15.0. The van der Waals surface area contributed by atoms with E-state index >= 15 is 0 Å². The Morgan fingerprint density at radius 3 is 2.73 bits per heavy atom. The standard InChI is InChI=1S/C18H16N4O3S/c1-23-12-5-3-4-11(8-12)17-21-16(25-22-17)10-26-18-19-14-7-6-13(24-2)9-15(14)20-18/h3-9H,10H2,1-2H3,(H,19,20). The highest BCUT2D eigenvalue weighted by molar-refractivity contribution is 7.98. The summed E-state index contributed by atoms with van der Waals surface area (Å²) in [6, 6.07) is 13.3. The molecule has 0 amide bonds. The minimum Gasteiger partial charge on any atom is -0.497 e. The highest BCUT2D eigenvalue weighted by Crippen LogP contribution is 2.26. The molecule has 0 spiro atoms. The number of methoxy groups -OCH3 is 2. The third kappa shape index (κ3) is 3.36. The van der Waals surface area contributed by atoms with Crippen LogP contribution in [-0.4, -0.2) is 34.3 Å². The molecule has 0 aliphatic heterocycles. The fraction of sp³-hybridized carbons (Fsp3) is 0.167. The Morgan fingerprint density at radius 2 is 1.88 bits per heavy atom. The van der Waals surface area contributed by atoms with Crippen LogP contribution in [-0.2, 0) is 5.75 Å². The van der Waals surface area contributed by atoms with Crippen LogP contribution in [0.4, 0.5) is 0 Å². The highest BCUT2D eigenvalue weighted by Gasteiger charge is 2.11. The second-order valence-corrected chi connectivity index (χ2v) is 6.42. The zero-order chi connectivity index (χ0) is 17.9. The summed E-state index contributed by atoms with van der Waals surface area (Å²) in [6.07, 6.45) is 0. The molecular weight excluding hydrogens is 352 g/mol. The first-order valence-corrected chi connectivity index (χ1v) is 8.87. The number of aromatic nitrogens is 4. The molecule has 26 heavy (non-hydrogen) atoms. The van der Waals surface area contributed by atoms with E-state index in [1.165, 1.54) is 11.8 Å². The molecule has 4 aromatic rings. The average molecular weight is 368 g/mol. The number of aromatic amines is 1. The van der Waals surface area contributed by atoms with E-state index in [1.54, 1.807) is 14.2 Å². The van der Waals surface area contributed by atoms with Gasteiger partial charge in [-0.25, -0.2) is 4.98 Å². The molecule has 2 heterocycles. The van der Waals surface area contributed by atoms with Crippen LogP contribution < -0.4 is 9.47 Å². The van der Waals surface area contributed by atoms with Crippen molar-refractivity contribution in [1.82, 2.24) is 20.1 Å². The van der Waals surface area contributed by atoms with Crippen molar-refractivity contribution in [3.8, 4) is 22.9 Å². The lowest BCUT2D eigenvalue weighted by atomic mass is 10.2. The molecule has 0 bridgehead atoms. The van der Waals surface area contributed by atoms with Gasteiger partial charge in [0.15, 0.2) is 5.16 Å². The summed E-state index contributed by atoms with van der Waals surface area (Å²) in [4.78, 5) is 12.2. The van der Waals surface area contributed by atoms with Crippen LogP contribution in [0.15, 0.2) is 52.1 Å². The highest BCUT2D eigenvalue weighted by atomic mass is 32.2. The van der Waals surface area contributed by atoms with Gasteiger partial charge in [0, 0.05) is 11.6 Å². The summed E-state index contributed by atoms with van der Waals surface area (Å²) in [6.45, 7) is 0. The predicted octanol–water partition coefficient (Wildman–Crippen LogP) is 3.92. The summed E-state index contributed by atoms with van der Waals surface area (Å²) in [7, 11) is 3.27. The van der Waals surface area contributed by atoms with Gasteiger partial charge < -0.3 is 19.0 Å². The molecule has 4 rings (SSSR count). The number of imidazole rings is 1.